The third-order valence-corrected chi connectivity index (χ3v) is 5.19. The third kappa shape index (κ3) is 5.05. The number of pyridine rings is 1. The highest BCUT2D eigenvalue weighted by Gasteiger charge is 2.49. The fourth-order valence-electron chi connectivity index (χ4n) is 3.51. The van der Waals surface area contributed by atoms with E-state index in [0.717, 1.165) is 25.1 Å². The zero-order valence-corrected chi connectivity index (χ0v) is 15.9. The number of likely N-dealkylation sites (tertiary alicyclic amines) is 1. The fourth-order valence-corrected chi connectivity index (χ4v) is 3.51. The summed E-state index contributed by atoms with van der Waals surface area (Å²) in [6, 6.07) is 2.25. The summed E-state index contributed by atoms with van der Waals surface area (Å²) in [7, 11) is 0. The van der Waals surface area contributed by atoms with Crippen molar-refractivity contribution in [1.29, 1.82) is 0 Å². The second kappa shape index (κ2) is 6.87. The molecule has 5 nitrogen and oxygen atoms in total. The maximum Gasteiger partial charge on any atom is 0.417 e. The van der Waals surface area contributed by atoms with Crippen LogP contribution in [0, 0.1) is 5.41 Å². The van der Waals surface area contributed by atoms with E-state index >= 15 is 0 Å². The highest BCUT2D eigenvalue weighted by molar-refractivity contribution is 5.69. The third-order valence-electron chi connectivity index (χ3n) is 5.19. The van der Waals surface area contributed by atoms with Crippen LogP contribution in [0.25, 0.3) is 0 Å². The van der Waals surface area contributed by atoms with Crippen molar-refractivity contribution in [2.24, 2.45) is 5.41 Å². The van der Waals surface area contributed by atoms with E-state index in [4.69, 9.17) is 4.74 Å². The zero-order chi connectivity index (χ0) is 19.9. The number of anilines is 1. The Morgan fingerprint density at radius 3 is 2.52 bits per heavy atom. The lowest BCUT2D eigenvalue weighted by atomic mass is 9.88. The maximum atomic E-state index is 12.6. The molecule has 1 saturated heterocycles. The summed E-state index contributed by atoms with van der Waals surface area (Å²) < 4.78 is 43.5. The number of amides is 1. The number of carbonyl (C=O) groups excluding carboxylic acids is 1. The van der Waals surface area contributed by atoms with Crippen molar-refractivity contribution in [2.75, 3.05) is 18.4 Å². The molecule has 1 N–H and O–H groups in total. The molecule has 1 aromatic heterocycles. The van der Waals surface area contributed by atoms with Gasteiger partial charge in [0.1, 0.15) is 11.4 Å². The molecule has 2 heterocycles. The quantitative estimate of drug-likeness (QED) is 0.820. The first-order valence-electron chi connectivity index (χ1n) is 9.24. The molecule has 1 atom stereocenters. The molecule has 150 valence electrons. The molecular weight excluding hydrogens is 359 g/mol. The number of carbonyl (C=O) groups is 1. The number of halogens is 3. The minimum Gasteiger partial charge on any atom is -0.444 e. The molecule has 0 unspecified atom stereocenters. The average Bonchev–Trinajstić information content (AvgIpc) is 3.29. The van der Waals surface area contributed by atoms with E-state index in [-0.39, 0.29) is 12.1 Å². The lowest BCUT2D eigenvalue weighted by molar-refractivity contribution is -0.137. The van der Waals surface area contributed by atoms with Gasteiger partial charge in [-0.1, -0.05) is 0 Å². The van der Waals surface area contributed by atoms with Gasteiger partial charge in [0.15, 0.2) is 0 Å². The number of nitrogens with one attached hydrogen (secondary N) is 1. The number of piperidine rings is 1. The van der Waals surface area contributed by atoms with Gasteiger partial charge in [0.05, 0.1) is 11.6 Å². The Hall–Kier alpha value is -1.99. The standard InChI is InChI=1S/C19H26F3N3O2/c1-17(2,3)27-16(26)25-9-8-18(6-7-18)10-14(25)12-24-15-5-4-13(11-23-15)19(20,21)22/h4-5,11,14H,6-10,12H2,1-3H3,(H,23,24)/t14-/m0/s1. The van der Waals surface area contributed by atoms with Crippen molar-refractivity contribution in [2.45, 2.75) is 64.3 Å². The van der Waals surface area contributed by atoms with Gasteiger partial charge in [-0.3, -0.25) is 0 Å². The fraction of sp³-hybridized carbons (Fsp3) is 0.684. The molecule has 1 aliphatic heterocycles. The van der Waals surface area contributed by atoms with E-state index in [0.29, 0.717) is 24.3 Å². The minimum absolute atomic E-state index is 0.0693. The van der Waals surface area contributed by atoms with Crippen LogP contribution >= 0.6 is 0 Å². The van der Waals surface area contributed by atoms with Crippen LogP contribution in [-0.4, -0.2) is 40.7 Å². The highest BCUT2D eigenvalue weighted by atomic mass is 19.4. The van der Waals surface area contributed by atoms with Gasteiger partial charge in [0.2, 0.25) is 0 Å². The highest BCUT2D eigenvalue weighted by Crippen LogP contribution is 2.55. The lowest BCUT2D eigenvalue weighted by Gasteiger charge is -2.40. The molecule has 1 aliphatic carbocycles. The van der Waals surface area contributed by atoms with Gasteiger partial charge in [0, 0.05) is 19.3 Å². The van der Waals surface area contributed by atoms with Crippen molar-refractivity contribution < 1.29 is 22.7 Å². The summed E-state index contributed by atoms with van der Waals surface area (Å²) in [5, 5.41) is 3.08. The molecule has 0 radical (unpaired) electrons. The number of hydrogen-bond donors (Lipinski definition) is 1. The van der Waals surface area contributed by atoms with Crippen molar-refractivity contribution in [1.82, 2.24) is 9.88 Å². The van der Waals surface area contributed by atoms with E-state index in [2.05, 4.69) is 10.3 Å². The van der Waals surface area contributed by atoms with Gasteiger partial charge >= 0.3 is 12.3 Å². The molecular formula is C19H26F3N3O2. The summed E-state index contributed by atoms with van der Waals surface area (Å²) in [6.07, 6.45) is 0.262. The SMILES string of the molecule is CC(C)(C)OC(=O)N1CCC2(CC2)C[C@H]1CNc1ccc(C(F)(F)F)cn1. The number of alkyl halides is 3. The Morgan fingerprint density at radius 1 is 1.30 bits per heavy atom. The Labute approximate surface area is 157 Å². The van der Waals surface area contributed by atoms with Crippen LogP contribution in [0.15, 0.2) is 18.3 Å². The summed E-state index contributed by atoms with van der Waals surface area (Å²) in [4.78, 5) is 18.1. The number of aromatic nitrogens is 1. The molecule has 0 aromatic carbocycles. The summed E-state index contributed by atoms with van der Waals surface area (Å²) in [5.41, 5.74) is -1.03. The van der Waals surface area contributed by atoms with Crippen molar-refractivity contribution in [3.8, 4) is 0 Å². The van der Waals surface area contributed by atoms with Gasteiger partial charge in [-0.2, -0.15) is 13.2 Å². The predicted octanol–water partition coefficient (Wildman–Crippen LogP) is 4.69. The first-order chi connectivity index (χ1) is 12.5. The lowest BCUT2D eigenvalue weighted by Crippen LogP contribution is -2.51. The van der Waals surface area contributed by atoms with E-state index < -0.39 is 17.3 Å². The predicted molar refractivity (Wildman–Crippen MR) is 95.4 cm³/mol. The van der Waals surface area contributed by atoms with Crippen LogP contribution in [0.4, 0.5) is 23.8 Å². The van der Waals surface area contributed by atoms with E-state index in [1.807, 2.05) is 20.8 Å². The second-order valence-corrected chi connectivity index (χ2v) is 8.59. The van der Waals surface area contributed by atoms with Crippen LogP contribution in [0.1, 0.15) is 52.0 Å². The first-order valence-corrected chi connectivity index (χ1v) is 9.24. The van der Waals surface area contributed by atoms with Crippen LogP contribution in [-0.2, 0) is 10.9 Å². The Balaban J connectivity index is 1.65. The van der Waals surface area contributed by atoms with Crippen molar-refractivity contribution in [3.05, 3.63) is 23.9 Å². The minimum atomic E-state index is -4.40. The van der Waals surface area contributed by atoms with Crippen LogP contribution in [0.3, 0.4) is 0 Å². The van der Waals surface area contributed by atoms with Crippen molar-refractivity contribution >= 4 is 11.9 Å². The molecule has 3 rings (SSSR count). The van der Waals surface area contributed by atoms with Gasteiger partial charge in [-0.05, 0) is 64.0 Å². The second-order valence-electron chi connectivity index (χ2n) is 8.59. The summed E-state index contributed by atoms with van der Waals surface area (Å²) in [6.45, 7) is 6.56. The monoisotopic (exact) mass is 385 g/mol. The summed E-state index contributed by atoms with van der Waals surface area (Å²) in [5.74, 6) is 0.363. The first kappa shape index (κ1) is 19.8. The van der Waals surface area contributed by atoms with Gasteiger partial charge in [-0.25, -0.2) is 9.78 Å². The normalized spacial score (nSPS) is 21.9. The molecule has 0 bridgehead atoms. The molecule has 1 aromatic rings. The topological polar surface area (TPSA) is 54.5 Å². The number of rotatable bonds is 3. The zero-order valence-electron chi connectivity index (χ0n) is 15.9. The molecule has 2 aliphatic rings. The smallest absolute Gasteiger partial charge is 0.417 e. The van der Waals surface area contributed by atoms with E-state index in [1.54, 1.807) is 4.90 Å². The van der Waals surface area contributed by atoms with Crippen LogP contribution in [0.5, 0.6) is 0 Å². The number of nitrogens with zero attached hydrogens (tertiary/aromatic N) is 2. The van der Waals surface area contributed by atoms with Gasteiger partial charge in [-0.15, -0.1) is 0 Å². The Morgan fingerprint density at radius 2 is 2.00 bits per heavy atom. The largest absolute Gasteiger partial charge is 0.444 e. The Bertz CT molecular complexity index is 679. The van der Waals surface area contributed by atoms with Crippen LogP contribution < -0.4 is 5.32 Å². The van der Waals surface area contributed by atoms with E-state index in [9.17, 15) is 18.0 Å². The number of hydrogen-bond acceptors (Lipinski definition) is 4. The van der Waals surface area contributed by atoms with Crippen molar-refractivity contribution in [3.63, 3.8) is 0 Å². The Kier molecular flexibility index (Phi) is 5.03. The van der Waals surface area contributed by atoms with Gasteiger partial charge in [0.25, 0.3) is 0 Å². The average molecular weight is 385 g/mol. The molecule has 1 saturated carbocycles. The molecule has 1 spiro atoms. The van der Waals surface area contributed by atoms with Crippen LogP contribution in [0.2, 0.25) is 0 Å². The molecule has 1 amide bonds. The summed E-state index contributed by atoms with van der Waals surface area (Å²) >= 11 is 0. The maximum absolute atomic E-state index is 12.6. The number of ether oxygens (including phenoxy) is 1. The molecule has 8 heteroatoms. The molecule has 2 fully saturated rings. The molecule has 27 heavy (non-hydrogen) atoms. The van der Waals surface area contributed by atoms with Gasteiger partial charge < -0.3 is 15.0 Å². The van der Waals surface area contributed by atoms with E-state index in [1.165, 1.54) is 18.9 Å².